The first-order chi connectivity index (χ1) is 9.51. The Balaban J connectivity index is 0.00000400. The van der Waals surface area contributed by atoms with Gasteiger partial charge in [-0.1, -0.05) is 44.4 Å². The molecule has 21 heavy (non-hydrogen) atoms. The molecule has 0 amide bonds. The summed E-state index contributed by atoms with van der Waals surface area (Å²) in [6, 6.07) is 4.38. The number of aryl methyl sites for hydroxylation is 3. The molecule has 0 saturated carbocycles. The quantitative estimate of drug-likeness (QED) is 0.539. The van der Waals surface area contributed by atoms with Crippen molar-refractivity contribution >= 4 is 18.2 Å². The van der Waals surface area contributed by atoms with Gasteiger partial charge in [0.1, 0.15) is 5.84 Å². The van der Waals surface area contributed by atoms with Gasteiger partial charge in [-0.2, -0.15) is 0 Å². The number of nitrogens with zero attached hydrogens (tertiary/aromatic N) is 1. The molecule has 2 nitrogen and oxygen atoms in total. The molecule has 0 spiro atoms. The van der Waals surface area contributed by atoms with Crippen molar-refractivity contribution in [1.29, 1.82) is 5.41 Å². The number of rotatable bonds is 7. The lowest BCUT2D eigenvalue weighted by Gasteiger charge is -2.27. The molecule has 1 aromatic rings. The van der Waals surface area contributed by atoms with Crippen molar-refractivity contribution < 1.29 is 0 Å². The van der Waals surface area contributed by atoms with Crippen LogP contribution >= 0.6 is 12.4 Å². The zero-order valence-electron chi connectivity index (χ0n) is 14.3. The van der Waals surface area contributed by atoms with Gasteiger partial charge in [-0.15, -0.1) is 12.4 Å². The van der Waals surface area contributed by atoms with Crippen LogP contribution < -0.4 is 0 Å². The van der Waals surface area contributed by atoms with Crippen molar-refractivity contribution in [2.24, 2.45) is 0 Å². The third kappa shape index (κ3) is 5.70. The second kappa shape index (κ2) is 9.83. The van der Waals surface area contributed by atoms with Crippen molar-refractivity contribution in [3.05, 3.63) is 34.4 Å². The minimum atomic E-state index is 0. The van der Waals surface area contributed by atoms with E-state index in [0.717, 1.165) is 31.5 Å². The summed E-state index contributed by atoms with van der Waals surface area (Å²) in [4.78, 5) is 2.26. The van der Waals surface area contributed by atoms with E-state index < -0.39 is 0 Å². The number of nitrogens with one attached hydrogen (secondary N) is 1. The molecule has 0 saturated heterocycles. The van der Waals surface area contributed by atoms with Gasteiger partial charge >= 0.3 is 0 Å². The van der Waals surface area contributed by atoms with Crippen LogP contribution in [0.4, 0.5) is 0 Å². The molecule has 0 aliphatic heterocycles. The Bertz CT molecular complexity index is 424. The number of benzene rings is 1. The lowest BCUT2D eigenvalue weighted by atomic mass is 9.98. The van der Waals surface area contributed by atoms with E-state index in [1.54, 1.807) is 0 Å². The third-order valence-corrected chi connectivity index (χ3v) is 3.79. The van der Waals surface area contributed by atoms with Gasteiger partial charge in [-0.3, -0.25) is 5.41 Å². The topological polar surface area (TPSA) is 27.1 Å². The normalized spacial score (nSPS) is 10.1. The van der Waals surface area contributed by atoms with Crippen LogP contribution in [0.2, 0.25) is 0 Å². The van der Waals surface area contributed by atoms with Gasteiger partial charge in [0.25, 0.3) is 0 Å². The first-order valence-electron chi connectivity index (χ1n) is 7.92. The number of hydrogen-bond donors (Lipinski definition) is 1. The summed E-state index contributed by atoms with van der Waals surface area (Å²) < 4.78 is 0. The van der Waals surface area contributed by atoms with Crippen molar-refractivity contribution in [3.8, 4) is 0 Å². The van der Waals surface area contributed by atoms with Crippen LogP contribution in [0.5, 0.6) is 0 Å². The predicted molar refractivity (Wildman–Crippen MR) is 96.1 cm³/mol. The van der Waals surface area contributed by atoms with Gasteiger partial charge in [-0.05, 0) is 44.7 Å². The first-order valence-corrected chi connectivity index (χ1v) is 7.92. The number of halogens is 1. The maximum Gasteiger partial charge on any atom is 0.128 e. The minimum absolute atomic E-state index is 0. The molecule has 0 atom stereocenters. The van der Waals surface area contributed by atoms with Gasteiger partial charge in [0, 0.05) is 18.7 Å². The van der Waals surface area contributed by atoms with Crippen molar-refractivity contribution in [2.75, 3.05) is 13.1 Å². The SMILES string of the molecule is CCCCN(CCCC)C(=N)c1c(C)cc(C)cc1C.Cl. The monoisotopic (exact) mass is 310 g/mol. The summed E-state index contributed by atoms with van der Waals surface area (Å²) in [6.07, 6.45) is 4.69. The van der Waals surface area contributed by atoms with Gasteiger partial charge in [-0.25, -0.2) is 0 Å². The molecule has 0 bridgehead atoms. The van der Waals surface area contributed by atoms with E-state index in [0.29, 0.717) is 5.84 Å². The van der Waals surface area contributed by atoms with Gasteiger partial charge in [0.05, 0.1) is 0 Å². The Kier molecular flexibility index (Phi) is 9.36. The second-order valence-corrected chi connectivity index (χ2v) is 5.82. The number of hydrogen-bond acceptors (Lipinski definition) is 1. The van der Waals surface area contributed by atoms with E-state index in [1.165, 1.54) is 29.5 Å². The van der Waals surface area contributed by atoms with E-state index in [4.69, 9.17) is 5.41 Å². The maximum atomic E-state index is 8.62. The Labute approximate surface area is 136 Å². The van der Waals surface area contributed by atoms with Crippen LogP contribution in [-0.4, -0.2) is 23.8 Å². The van der Waals surface area contributed by atoms with Crippen LogP contribution in [0.1, 0.15) is 61.8 Å². The highest BCUT2D eigenvalue weighted by molar-refractivity contribution is 5.99. The highest BCUT2D eigenvalue weighted by Crippen LogP contribution is 2.19. The lowest BCUT2D eigenvalue weighted by Crippen LogP contribution is -2.34. The summed E-state index contributed by atoms with van der Waals surface area (Å²) in [7, 11) is 0. The molecule has 0 aliphatic carbocycles. The van der Waals surface area contributed by atoms with Crippen LogP contribution in [0.25, 0.3) is 0 Å². The summed E-state index contributed by atoms with van der Waals surface area (Å²) in [5.74, 6) is 0.710. The molecule has 1 aromatic carbocycles. The maximum absolute atomic E-state index is 8.62. The minimum Gasteiger partial charge on any atom is -0.357 e. The average molecular weight is 311 g/mol. The van der Waals surface area contributed by atoms with E-state index >= 15 is 0 Å². The average Bonchev–Trinajstić information content (AvgIpc) is 2.37. The fourth-order valence-corrected chi connectivity index (χ4v) is 2.75. The molecule has 120 valence electrons. The van der Waals surface area contributed by atoms with Gasteiger partial charge in [0.2, 0.25) is 0 Å². The van der Waals surface area contributed by atoms with Crippen molar-refractivity contribution in [1.82, 2.24) is 4.90 Å². The molecule has 0 heterocycles. The van der Waals surface area contributed by atoms with Crippen LogP contribution in [-0.2, 0) is 0 Å². The largest absolute Gasteiger partial charge is 0.357 e. The molecule has 0 unspecified atom stereocenters. The first kappa shape index (κ1) is 20.0. The van der Waals surface area contributed by atoms with Crippen molar-refractivity contribution in [2.45, 2.75) is 60.3 Å². The highest BCUT2D eigenvalue weighted by Gasteiger charge is 2.15. The summed E-state index contributed by atoms with van der Waals surface area (Å²) >= 11 is 0. The van der Waals surface area contributed by atoms with Crippen LogP contribution in [0, 0.1) is 26.2 Å². The molecular weight excluding hydrogens is 280 g/mol. The van der Waals surface area contributed by atoms with E-state index in [-0.39, 0.29) is 12.4 Å². The Morgan fingerprint density at radius 2 is 1.38 bits per heavy atom. The molecule has 1 rings (SSSR count). The third-order valence-electron chi connectivity index (χ3n) is 3.79. The van der Waals surface area contributed by atoms with Crippen molar-refractivity contribution in [3.63, 3.8) is 0 Å². The standard InChI is InChI=1S/C18H30N2.ClH/c1-6-8-10-20(11-9-7-2)18(19)17-15(4)12-14(3)13-16(17)5;/h12-13,19H,6-11H2,1-5H3;1H. The smallest absolute Gasteiger partial charge is 0.128 e. The summed E-state index contributed by atoms with van der Waals surface area (Å²) in [5, 5.41) is 8.62. The molecule has 0 fully saturated rings. The number of amidine groups is 1. The van der Waals surface area contributed by atoms with E-state index in [1.807, 2.05) is 0 Å². The van der Waals surface area contributed by atoms with Crippen LogP contribution in [0.15, 0.2) is 12.1 Å². The summed E-state index contributed by atoms with van der Waals surface area (Å²) in [5.41, 5.74) is 4.86. The molecule has 0 radical (unpaired) electrons. The fraction of sp³-hybridized carbons (Fsp3) is 0.611. The predicted octanol–water partition coefficient (Wildman–Crippen LogP) is 5.26. The zero-order valence-corrected chi connectivity index (χ0v) is 15.1. The molecule has 0 aliphatic rings. The summed E-state index contributed by atoms with van der Waals surface area (Å²) in [6.45, 7) is 12.8. The molecule has 1 N–H and O–H groups in total. The van der Waals surface area contributed by atoms with E-state index in [2.05, 4.69) is 51.7 Å². The molecule has 3 heteroatoms. The van der Waals surface area contributed by atoms with Gasteiger partial charge < -0.3 is 4.90 Å². The highest BCUT2D eigenvalue weighted by atomic mass is 35.5. The van der Waals surface area contributed by atoms with Crippen LogP contribution in [0.3, 0.4) is 0 Å². The lowest BCUT2D eigenvalue weighted by molar-refractivity contribution is 0.396. The Morgan fingerprint density at radius 1 is 0.952 bits per heavy atom. The zero-order chi connectivity index (χ0) is 15.1. The van der Waals surface area contributed by atoms with Gasteiger partial charge in [0.15, 0.2) is 0 Å². The molecular formula is C18H31ClN2. The Morgan fingerprint density at radius 3 is 1.76 bits per heavy atom. The molecule has 0 aromatic heterocycles. The fourth-order valence-electron chi connectivity index (χ4n) is 2.75. The number of unbranched alkanes of at least 4 members (excludes halogenated alkanes) is 2. The van der Waals surface area contributed by atoms with E-state index in [9.17, 15) is 0 Å². The Hall–Kier alpha value is -1.02. The second-order valence-electron chi connectivity index (χ2n) is 5.82.